The van der Waals surface area contributed by atoms with Gasteiger partial charge in [0.25, 0.3) is 0 Å². The summed E-state index contributed by atoms with van der Waals surface area (Å²) in [7, 11) is 0. The number of halogens is 1. The van der Waals surface area contributed by atoms with Crippen molar-refractivity contribution in [3.8, 4) is 0 Å². The summed E-state index contributed by atoms with van der Waals surface area (Å²) >= 11 is 0. The normalized spacial score (nSPS) is 26.0. The topological polar surface area (TPSA) is 82.0 Å². The molecule has 1 aliphatic carbocycles. The fraction of sp³-hybridized carbons (Fsp3) is 0.478. The molecule has 2 aliphatic rings. The Morgan fingerprint density at radius 1 is 1.17 bits per heavy atom. The lowest BCUT2D eigenvalue weighted by Crippen LogP contribution is -2.49. The van der Waals surface area contributed by atoms with E-state index in [1.807, 2.05) is 6.92 Å². The van der Waals surface area contributed by atoms with Crippen LogP contribution in [0.25, 0.3) is 0 Å². The van der Waals surface area contributed by atoms with Crippen molar-refractivity contribution in [2.45, 2.75) is 40.0 Å². The van der Waals surface area contributed by atoms with Gasteiger partial charge in [0.15, 0.2) is 5.78 Å². The second-order valence-electron chi connectivity index (χ2n) is 7.65. The molecule has 1 fully saturated rings. The van der Waals surface area contributed by atoms with Gasteiger partial charge in [0.1, 0.15) is 11.7 Å². The van der Waals surface area contributed by atoms with Gasteiger partial charge in [0.05, 0.1) is 24.7 Å². The summed E-state index contributed by atoms with van der Waals surface area (Å²) in [5.41, 5.74) is 1.75. The van der Waals surface area contributed by atoms with Crippen LogP contribution in [0.4, 0.5) is 4.39 Å². The lowest BCUT2D eigenvalue weighted by molar-refractivity contribution is -0.154. The van der Waals surface area contributed by atoms with E-state index in [1.54, 1.807) is 26.8 Å². The van der Waals surface area contributed by atoms with Crippen molar-refractivity contribution >= 4 is 23.4 Å². The molecule has 0 radical (unpaired) electrons. The fourth-order valence-electron chi connectivity index (χ4n) is 4.48. The first kappa shape index (κ1) is 21.9. The van der Waals surface area contributed by atoms with Gasteiger partial charge >= 0.3 is 11.9 Å². The number of aliphatic imine (C=N–C) groups is 1. The summed E-state index contributed by atoms with van der Waals surface area (Å²) in [4.78, 5) is 43.4. The van der Waals surface area contributed by atoms with Crippen molar-refractivity contribution in [3.63, 3.8) is 0 Å². The zero-order chi connectivity index (χ0) is 22.0. The van der Waals surface area contributed by atoms with E-state index in [9.17, 15) is 18.8 Å². The van der Waals surface area contributed by atoms with Crippen molar-refractivity contribution in [3.05, 3.63) is 46.9 Å². The maximum atomic E-state index is 14.1. The van der Waals surface area contributed by atoms with Gasteiger partial charge < -0.3 is 9.47 Å². The molecule has 1 aromatic rings. The Labute approximate surface area is 175 Å². The van der Waals surface area contributed by atoms with E-state index in [2.05, 4.69) is 4.99 Å². The number of esters is 2. The molecule has 0 saturated heterocycles. The predicted octanol–water partition coefficient (Wildman–Crippen LogP) is 3.61. The highest BCUT2D eigenvalue weighted by molar-refractivity contribution is 6.17. The third-order valence-electron chi connectivity index (χ3n) is 5.66. The number of carbonyl (C=O) groups is 3. The molecule has 1 heterocycles. The first-order valence-corrected chi connectivity index (χ1v) is 10.2. The van der Waals surface area contributed by atoms with Crippen LogP contribution in [0, 0.1) is 23.6 Å². The van der Waals surface area contributed by atoms with Crippen LogP contribution in [0.3, 0.4) is 0 Å². The van der Waals surface area contributed by atoms with Crippen LogP contribution in [-0.4, -0.2) is 36.6 Å². The van der Waals surface area contributed by atoms with E-state index in [0.717, 1.165) is 0 Å². The standard InChI is InChI=1S/C23H26FNO5/c1-5-29-22(27)17-12(3)10-16-20(21(17)26)19(14-8-7-9-15(24)11-14)18(13(4)25-16)23(28)30-6-2/h7-9,11-12,17,19-20H,5-6,10H2,1-4H3/t12-,17-,19+,20?/m0/s1. The number of ketones is 1. The maximum absolute atomic E-state index is 14.1. The molecule has 0 N–H and O–H groups in total. The summed E-state index contributed by atoms with van der Waals surface area (Å²) in [6, 6.07) is 5.82. The van der Waals surface area contributed by atoms with Crippen LogP contribution >= 0.6 is 0 Å². The summed E-state index contributed by atoms with van der Waals surface area (Å²) < 4.78 is 24.4. The largest absolute Gasteiger partial charge is 0.465 e. The molecule has 0 amide bonds. The smallest absolute Gasteiger partial charge is 0.336 e. The summed E-state index contributed by atoms with van der Waals surface area (Å²) in [6.07, 6.45) is 0.416. The molecular formula is C23H26FNO5. The van der Waals surface area contributed by atoms with Gasteiger partial charge in [0, 0.05) is 17.3 Å². The Morgan fingerprint density at radius 3 is 2.50 bits per heavy atom. The number of carbonyl (C=O) groups excluding carboxylic acids is 3. The average molecular weight is 415 g/mol. The van der Waals surface area contributed by atoms with Crippen LogP contribution in [0.5, 0.6) is 0 Å². The number of rotatable bonds is 5. The van der Waals surface area contributed by atoms with Crippen LogP contribution in [0.15, 0.2) is 40.5 Å². The Morgan fingerprint density at radius 2 is 1.87 bits per heavy atom. The summed E-state index contributed by atoms with van der Waals surface area (Å²) in [5.74, 6) is -4.85. The monoisotopic (exact) mass is 415 g/mol. The first-order valence-electron chi connectivity index (χ1n) is 10.2. The van der Waals surface area contributed by atoms with Crippen molar-refractivity contribution < 1.29 is 28.2 Å². The average Bonchev–Trinajstić information content (AvgIpc) is 2.67. The molecular weight excluding hydrogens is 389 g/mol. The Bertz CT molecular complexity index is 935. The predicted molar refractivity (Wildman–Crippen MR) is 108 cm³/mol. The van der Waals surface area contributed by atoms with Crippen molar-refractivity contribution in [2.24, 2.45) is 22.7 Å². The van der Waals surface area contributed by atoms with Gasteiger partial charge in [-0.3, -0.25) is 14.6 Å². The van der Waals surface area contributed by atoms with Gasteiger partial charge in [-0.25, -0.2) is 9.18 Å². The first-order chi connectivity index (χ1) is 14.3. The number of hydrogen-bond donors (Lipinski definition) is 0. The van der Waals surface area contributed by atoms with E-state index < -0.39 is 35.5 Å². The summed E-state index contributed by atoms with van der Waals surface area (Å²) in [6.45, 7) is 7.20. The summed E-state index contributed by atoms with van der Waals surface area (Å²) in [5, 5.41) is 0. The number of Topliss-reactive ketones (excluding diaryl/α,β-unsaturated/α-hetero) is 1. The second-order valence-corrected chi connectivity index (χ2v) is 7.65. The minimum absolute atomic E-state index is 0.156. The quantitative estimate of drug-likeness (QED) is 0.542. The Hall–Kier alpha value is -2.83. The third-order valence-corrected chi connectivity index (χ3v) is 5.66. The molecule has 4 atom stereocenters. The molecule has 1 unspecified atom stereocenters. The molecule has 160 valence electrons. The van der Waals surface area contributed by atoms with Gasteiger partial charge in [0.2, 0.25) is 0 Å². The SMILES string of the molecule is CCOC(=O)C1=C(C)N=C2C[C@H](C)[C@H](C(=O)OCC)C(=O)C2[C@@H]1c1cccc(F)c1. The van der Waals surface area contributed by atoms with Crippen LogP contribution in [0.2, 0.25) is 0 Å². The van der Waals surface area contributed by atoms with E-state index in [1.165, 1.54) is 18.2 Å². The number of allylic oxidation sites excluding steroid dienone is 1. The van der Waals surface area contributed by atoms with Crippen LogP contribution in [-0.2, 0) is 23.9 Å². The van der Waals surface area contributed by atoms with E-state index >= 15 is 0 Å². The molecule has 3 rings (SSSR count). The van der Waals surface area contributed by atoms with Crippen LogP contribution < -0.4 is 0 Å². The highest BCUT2D eigenvalue weighted by Gasteiger charge is 2.51. The third kappa shape index (κ3) is 3.93. The molecule has 0 spiro atoms. The number of nitrogens with zero attached hydrogens (tertiary/aromatic N) is 1. The molecule has 7 heteroatoms. The van der Waals surface area contributed by atoms with Gasteiger partial charge in [-0.15, -0.1) is 0 Å². The second kappa shape index (κ2) is 8.90. The van der Waals surface area contributed by atoms with Crippen molar-refractivity contribution in [2.75, 3.05) is 13.2 Å². The Balaban J connectivity index is 2.15. The van der Waals surface area contributed by atoms with Gasteiger partial charge in [-0.2, -0.15) is 0 Å². The minimum atomic E-state index is -0.952. The van der Waals surface area contributed by atoms with Gasteiger partial charge in [-0.1, -0.05) is 19.1 Å². The molecule has 30 heavy (non-hydrogen) atoms. The number of hydrogen-bond acceptors (Lipinski definition) is 6. The highest BCUT2D eigenvalue weighted by Crippen LogP contribution is 2.45. The van der Waals surface area contributed by atoms with E-state index in [0.29, 0.717) is 23.4 Å². The number of fused-ring (bicyclic) bond motifs is 1. The van der Waals surface area contributed by atoms with Gasteiger partial charge in [-0.05, 0) is 50.8 Å². The molecule has 0 aromatic heterocycles. The molecule has 0 bridgehead atoms. The highest BCUT2D eigenvalue weighted by atomic mass is 19.1. The molecule has 6 nitrogen and oxygen atoms in total. The lowest BCUT2D eigenvalue weighted by Gasteiger charge is -2.40. The molecule has 1 aliphatic heterocycles. The lowest BCUT2D eigenvalue weighted by atomic mass is 9.64. The van der Waals surface area contributed by atoms with E-state index in [-0.39, 0.29) is 30.5 Å². The maximum Gasteiger partial charge on any atom is 0.336 e. The van der Waals surface area contributed by atoms with E-state index in [4.69, 9.17) is 9.47 Å². The van der Waals surface area contributed by atoms with Crippen molar-refractivity contribution in [1.82, 2.24) is 0 Å². The minimum Gasteiger partial charge on any atom is -0.465 e. The van der Waals surface area contributed by atoms with Crippen LogP contribution in [0.1, 0.15) is 45.6 Å². The molecule has 1 aromatic carbocycles. The fourth-order valence-corrected chi connectivity index (χ4v) is 4.48. The number of ether oxygens (including phenoxy) is 2. The van der Waals surface area contributed by atoms with Crippen molar-refractivity contribution in [1.29, 1.82) is 0 Å². The zero-order valence-electron chi connectivity index (χ0n) is 17.6. The zero-order valence-corrected chi connectivity index (χ0v) is 17.6. The Kier molecular flexibility index (Phi) is 6.48. The molecule has 1 saturated carbocycles. The number of benzene rings is 1.